The molecule has 1 aromatic carbocycles. The van der Waals surface area contributed by atoms with Crippen LogP contribution < -0.4 is 0 Å². The third-order valence-electron chi connectivity index (χ3n) is 3.40. The van der Waals surface area contributed by atoms with Gasteiger partial charge >= 0.3 is 0 Å². The molecule has 2 aromatic heterocycles. The molecule has 20 heavy (non-hydrogen) atoms. The Bertz CT molecular complexity index is 746. The van der Waals surface area contributed by atoms with Gasteiger partial charge in [0.1, 0.15) is 5.69 Å². The summed E-state index contributed by atoms with van der Waals surface area (Å²) in [6, 6.07) is 13.7. The van der Waals surface area contributed by atoms with Crippen molar-refractivity contribution in [2.45, 2.75) is 26.5 Å². The number of rotatable bonds is 3. The van der Waals surface area contributed by atoms with Crippen LogP contribution in [0.5, 0.6) is 0 Å². The van der Waals surface area contributed by atoms with Gasteiger partial charge in [0.05, 0.1) is 22.8 Å². The highest BCUT2D eigenvalue weighted by Crippen LogP contribution is 2.24. The van der Waals surface area contributed by atoms with Gasteiger partial charge in [0.15, 0.2) is 5.82 Å². The molecule has 0 fully saturated rings. The van der Waals surface area contributed by atoms with Gasteiger partial charge in [0.2, 0.25) is 0 Å². The summed E-state index contributed by atoms with van der Waals surface area (Å²) in [6.07, 6.45) is -0.575. The zero-order valence-corrected chi connectivity index (χ0v) is 11.6. The second-order valence-corrected chi connectivity index (χ2v) is 4.79. The smallest absolute Gasteiger partial charge is 0.159 e. The van der Waals surface area contributed by atoms with Crippen molar-refractivity contribution >= 4 is 11.0 Å². The van der Waals surface area contributed by atoms with Gasteiger partial charge in [-0.05, 0) is 38.1 Å². The van der Waals surface area contributed by atoms with E-state index < -0.39 is 6.10 Å². The van der Waals surface area contributed by atoms with Gasteiger partial charge in [0, 0.05) is 6.54 Å². The predicted molar refractivity (Wildman–Crippen MR) is 79.3 cm³/mol. The molecular weight excluding hydrogens is 250 g/mol. The van der Waals surface area contributed by atoms with Crippen LogP contribution >= 0.6 is 0 Å². The van der Waals surface area contributed by atoms with Gasteiger partial charge in [-0.25, -0.2) is 9.97 Å². The fourth-order valence-corrected chi connectivity index (χ4v) is 2.40. The number of hydrogen-bond acceptors (Lipinski definition) is 3. The summed E-state index contributed by atoms with van der Waals surface area (Å²) < 4.78 is 2.14. The lowest BCUT2D eigenvalue weighted by Crippen LogP contribution is -2.01. The molecule has 2 heterocycles. The van der Waals surface area contributed by atoms with Crippen LogP contribution in [0, 0.1) is 0 Å². The van der Waals surface area contributed by atoms with Gasteiger partial charge in [-0.2, -0.15) is 0 Å². The van der Waals surface area contributed by atoms with Crippen molar-refractivity contribution in [2.24, 2.45) is 0 Å². The van der Waals surface area contributed by atoms with E-state index in [-0.39, 0.29) is 0 Å². The van der Waals surface area contributed by atoms with Crippen molar-refractivity contribution in [3.8, 4) is 11.5 Å². The first-order chi connectivity index (χ1) is 9.70. The first kappa shape index (κ1) is 12.8. The van der Waals surface area contributed by atoms with E-state index in [1.54, 1.807) is 6.92 Å². The lowest BCUT2D eigenvalue weighted by atomic mass is 10.2. The lowest BCUT2D eigenvalue weighted by Gasteiger charge is -2.08. The summed E-state index contributed by atoms with van der Waals surface area (Å²) in [5, 5.41) is 9.67. The summed E-state index contributed by atoms with van der Waals surface area (Å²) >= 11 is 0. The number of pyridine rings is 1. The minimum atomic E-state index is -0.575. The number of aryl methyl sites for hydroxylation is 1. The quantitative estimate of drug-likeness (QED) is 0.793. The molecule has 0 radical (unpaired) electrons. The summed E-state index contributed by atoms with van der Waals surface area (Å²) in [5.41, 5.74) is 3.53. The van der Waals surface area contributed by atoms with E-state index in [4.69, 9.17) is 0 Å². The van der Waals surface area contributed by atoms with Crippen LogP contribution in [0.2, 0.25) is 0 Å². The molecule has 0 amide bonds. The summed E-state index contributed by atoms with van der Waals surface area (Å²) in [5.74, 6) is 0.844. The lowest BCUT2D eigenvalue weighted by molar-refractivity contribution is 0.194. The molecule has 102 valence electrons. The molecule has 0 aliphatic rings. The van der Waals surface area contributed by atoms with E-state index in [9.17, 15) is 5.11 Å². The Morgan fingerprint density at radius 3 is 2.65 bits per heavy atom. The monoisotopic (exact) mass is 267 g/mol. The molecule has 4 heteroatoms. The Morgan fingerprint density at radius 2 is 1.90 bits per heavy atom. The maximum atomic E-state index is 9.67. The number of nitrogens with zero attached hydrogens (tertiary/aromatic N) is 3. The fraction of sp³-hybridized carbons (Fsp3) is 0.250. The van der Waals surface area contributed by atoms with Crippen molar-refractivity contribution in [2.75, 3.05) is 0 Å². The topological polar surface area (TPSA) is 50.9 Å². The molecule has 3 aromatic rings. The third kappa shape index (κ3) is 2.08. The highest BCUT2D eigenvalue weighted by Gasteiger charge is 2.13. The van der Waals surface area contributed by atoms with Gasteiger partial charge in [-0.3, -0.25) is 0 Å². The maximum absolute atomic E-state index is 9.67. The largest absolute Gasteiger partial charge is 0.387 e. The van der Waals surface area contributed by atoms with E-state index in [0.717, 1.165) is 29.1 Å². The predicted octanol–water partition coefficient (Wildman–Crippen LogP) is 3.17. The molecule has 0 saturated carbocycles. The zero-order chi connectivity index (χ0) is 14.1. The first-order valence-electron chi connectivity index (χ1n) is 6.81. The van der Waals surface area contributed by atoms with Crippen LogP contribution in [0.4, 0.5) is 0 Å². The Kier molecular flexibility index (Phi) is 3.24. The first-order valence-corrected chi connectivity index (χ1v) is 6.81. The highest BCUT2D eigenvalue weighted by molar-refractivity contribution is 5.79. The number of aliphatic hydroxyl groups excluding tert-OH is 1. The van der Waals surface area contributed by atoms with Crippen LogP contribution in [0.1, 0.15) is 25.6 Å². The number of aliphatic hydroxyl groups is 1. The van der Waals surface area contributed by atoms with Crippen molar-refractivity contribution in [3.05, 3.63) is 48.2 Å². The molecule has 0 aliphatic heterocycles. The molecule has 0 spiro atoms. The van der Waals surface area contributed by atoms with Crippen LogP contribution in [0.25, 0.3) is 22.6 Å². The van der Waals surface area contributed by atoms with Crippen LogP contribution in [-0.4, -0.2) is 19.6 Å². The average Bonchev–Trinajstić information content (AvgIpc) is 2.86. The molecule has 1 atom stereocenters. The summed E-state index contributed by atoms with van der Waals surface area (Å²) in [6.45, 7) is 4.64. The van der Waals surface area contributed by atoms with Gasteiger partial charge in [0.25, 0.3) is 0 Å². The van der Waals surface area contributed by atoms with Crippen molar-refractivity contribution in [1.29, 1.82) is 0 Å². The number of fused-ring (bicyclic) bond motifs is 1. The zero-order valence-electron chi connectivity index (χ0n) is 11.6. The number of aromatic nitrogens is 3. The Balaban J connectivity index is 2.21. The molecule has 3 rings (SSSR count). The van der Waals surface area contributed by atoms with E-state index in [0.29, 0.717) is 5.69 Å². The fourth-order valence-electron chi connectivity index (χ4n) is 2.40. The number of para-hydroxylation sites is 2. The van der Waals surface area contributed by atoms with Crippen molar-refractivity contribution in [3.63, 3.8) is 0 Å². The van der Waals surface area contributed by atoms with Crippen molar-refractivity contribution < 1.29 is 5.11 Å². The van der Waals surface area contributed by atoms with E-state index in [1.807, 2.05) is 36.4 Å². The van der Waals surface area contributed by atoms with Gasteiger partial charge < -0.3 is 9.67 Å². The molecule has 0 aliphatic carbocycles. The molecule has 1 N–H and O–H groups in total. The van der Waals surface area contributed by atoms with Crippen LogP contribution in [0.3, 0.4) is 0 Å². The molecule has 4 nitrogen and oxygen atoms in total. The number of benzene rings is 1. The van der Waals surface area contributed by atoms with Crippen LogP contribution in [-0.2, 0) is 6.54 Å². The Hall–Kier alpha value is -2.20. The van der Waals surface area contributed by atoms with Crippen molar-refractivity contribution in [1.82, 2.24) is 14.5 Å². The average molecular weight is 267 g/mol. The van der Waals surface area contributed by atoms with E-state index >= 15 is 0 Å². The summed E-state index contributed by atoms with van der Waals surface area (Å²) in [7, 11) is 0. The van der Waals surface area contributed by atoms with Gasteiger partial charge in [-0.15, -0.1) is 0 Å². The van der Waals surface area contributed by atoms with E-state index in [2.05, 4.69) is 27.5 Å². The minimum Gasteiger partial charge on any atom is -0.387 e. The van der Waals surface area contributed by atoms with Crippen LogP contribution in [0.15, 0.2) is 42.5 Å². The molecular formula is C16H17N3O. The molecule has 1 unspecified atom stereocenters. The minimum absolute atomic E-state index is 0.575. The maximum Gasteiger partial charge on any atom is 0.159 e. The number of hydrogen-bond donors (Lipinski definition) is 1. The van der Waals surface area contributed by atoms with E-state index in [1.165, 1.54) is 0 Å². The van der Waals surface area contributed by atoms with Gasteiger partial charge in [-0.1, -0.05) is 18.2 Å². The second kappa shape index (κ2) is 5.06. The normalized spacial score (nSPS) is 12.8. The third-order valence-corrected chi connectivity index (χ3v) is 3.40. The molecule has 0 saturated heterocycles. The molecule has 0 bridgehead atoms. The number of imidazole rings is 1. The Labute approximate surface area is 117 Å². The summed E-state index contributed by atoms with van der Waals surface area (Å²) in [4.78, 5) is 9.19. The Morgan fingerprint density at radius 1 is 1.10 bits per heavy atom. The highest BCUT2D eigenvalue weighted by atomic mass is 16.3. The SMILES string of the molecule is CCn1c(-c2cccc(C(C)O)n2)nc2ccccc21. The standard InChI is InChI=1S/C16H17N3O/c1-3-19-15-10-5-4-7-13(15)18-16(19)14-9-6-8-12(17-14)11(2)20/h4-11,20H,3H2,1-2H3. The second-order valence-electron chi connectivity index (χ2n) is 4.79.